The van der Waals surface area contributed by atoms with Crippen LogP contribution in [-0.2, 0) is 0 Å². The van der Waals surface area contributed by atoms with E-state index in [0.717, 1.165) is 50.1 Å². The van der Waals surface area contributed by atoms with Gasteiger partial charge in [-0.25, -0.2) is 0 Å². The molecule has 10 aromatic carbocycles. The number of anilines is 3. The number of nitrogens with zero attached hydrogens (tertiary/aromatic N) is 1. The van der Waals surface area contributed by atoms with Gasteiger partial charge in [-0.2, -0.15) is 0 Å². The van der Waals surface area contributed by atoms with Gasteiger partial charge in [0, 0.05) is 27.5 Å². The molecule has 58 heavy (non-hydrogen) atoms. The van der Waals surface area contributed by atoms with E-state index in [4.69, 9.17) is 4.42 Å². The maximum Gasteiger partial charge on any atom is 0.135 e. The summed E-state index contributed by atoms with van der Waals surface area (Å²) >= 11 is 0. The molecule has 0 spiro atoms. The minimum absolute atomic E-state index is 0.905. The molecule has 272 valence electrons. The third-order valence-corrected chi connectivity index (χ3v) is 11.4. The third kappa shape index (κ3) is 6.00. The van der Waals surface area contributed by atoms with Gasteiger partial charge in [0.15, 0.2) is 0 Å². The molecule has 0 aliphatic heterocycles. The second-order valence-electron chi connectivity index (χ2n) is 14.9. The van der Waals surface area contributed by atoms with Crippen molar-refractivity contribution in [2.45, 2.75) is 0 Å². The highest BCUT2D eigenvalue weighted by Crippen LogP contribution is 2.43. The van der Waals surface area contributed by atoms with E-state index in [1.807, 2.05) is 12.1 Å². The van der Waals surface area contributed by atoms with E-state index < -0.39 is 0 Å². The van der Waals surface area contributed by atoms with Gasteiger partial charge in [-0.3, -0.25) is 0 Å². The van der Waals surface area contributed by atoms with E-state index in [0.29, 0.717) is 0 Å². The molecule has 2 heteroatoms. The summed E-state index contributed by atoms with van der Waals surface area (Å²) in [7, 11) is 0. The number of rotatable bonds is 7. The van der Waals surface area contributed by atoms with Gasteiger partial charge in [0.05, 0.1) is 5.69 Å². The molecule has 1 aromatic heterocycles. The SMILES string of the molecule is c1ccc(-c2cc(-c3ccccc3)cc(-c3ccc(N(c4ccc(-c5ccc6oc7ccccc7c6c5)cc4)c4cccc5ccc6ccccc6c45)cc3)c2)cc1. The first-order chi connectivity index (χ1) is 28.7. The maximum absolute atomic E-state index is 6.14. The highest BCUT2D eigenvalue weighted by atomic mass is 16.3. The van der Waals surface area contributed by atoms with Gasteiger partial charge in [-0.1, -0.05) is 158 Å². The predicted octanol–water partition coefficient (Wildman–Crippen LogP) is 16.0. The number of fused-ring (bicyclic) bond motifs is 6. The molecule has 0 N–H and O–H groups in total. The van der Waals surface area contributed by atoms with E-state index in [-0.39, 0.29) is 0 Å². The first kappa shape index (κ1) is 33.6. The fraction of sp³-hybridized carbons (Fsp3) is 0. The summed E-state index contributed by atoms with van der Waals surface area (Å²) in [6.07, 6.45) is 0. The van der Waals surface area contributed by atoms with Gasteiger partial charge in [0.25, 0.3) is 0 Å². The van der Waals surface area contributed by atoms with Crippen LogP contribution in [0.15, 0.2) is 229 Å². The second kappa shape index (κ2) is 14.1. The Balaban J connectivity index is 1.04. The average molecular weight is 740 g/mol. The van der Waals surface area contributed by atoms with Crippen molar-refractivity contribution in [3.63, 3.8) is 0 Å². The van der Waals surface area contributed by atoms with Crippen molar-refractivity contribution >= 4 is 60.5 Å². The number of furan rings is 1. The van der Waals surface area contributed by atoms with Crippen molar-refractivity contribution in [3.8, 4) is 44.5 Å². The zero-order valence-corrected chi connectivity index (χ0v) is 31.7. The van der Waals surface area contributed by atoms with Gasteiger partial charge >= 0.3 is 0 Å². The average Bonchev–Trinajstić information content (AvgIpc) is 3.68. The molecule has 0 amide bonds. The van der Waals surface area contributed by atoms with Crippen molar-refractivity contribution in [3.05, 3.63) is 224 Å². The molecule has 0 aliphatic rings. The smallest absolute Gasteiger partial charge is 0.135 e. The fourth-order valence-corrected chi connectivity index (χ4v) is 8.55. The molecule has 0 saturated heterocycles. The largest absolute Gasteiger partial charge is 0.456 e. The van der Waals surface area contributed by atoms with Gasteiger partial charge in [-0.15, -0.1) is 0 Å². The van der Waals surface area contributed by atoms with E-state index in [9.17, 15) is 0 Å². The summed E-state index contributed by atoms with van der Waals surface area (Å²) < 4.78 is 6.14. The Morgan fingerprint density at radius 3 is 1.41 bits per heavy atom. The molecule has 0 aliphatic carbocycles. The van der Waals surface area contributed by atoms with Crippen LogP contribution in [-0.4, -0.2) is 0 Å². The highest BCUT2D eigenvalue weighted by Gasteiger charge is 2.18. The Kier molecular flexibility index (Phi) is 8.19. The van der Waals surface area contributed by atoms with Crippen LogP contribution in [0.5, 0.6) is 0 Å². The fourth-order valence-electron chi connectivity index (χ4n) is 8.55. The second-order valence-corrected chi connectivity index (χ2v) is 14.9. The van der Waals surface area contributed by atoms with E-state index >= 15 is 0 Å². The van der Waals surface area contributed by atoms with Gasteiger partial charge in [0.2, 0.25) is 0 Å². The molecule has 0 saturated carbocycles. The lowest BCUT2D eigenvalue weighted by Crippen LogP contribution is -2.10. The summed E-state index contributed by atoms with van der Waals surface area (Å²) in [6, 6.07) is 80.9. The first-order valence-corrected chi connectivity index (χ1v) is 19.8. The van der Waals surface area contributed by atoms with Crippen molar-refractivity contribution in [2.24, 2.45) is 0 Å². The standard InChI is InChI=1S/C56H37NO/c1-3-12-38(13-4-1)45-34-46(39-14-5-2-6-15-39)36-47(35-45)41-26-31-49(32-27-41)57(53-20-11-17-43-23-22-42-16-7-8-18-50(42)56(43)53)48-29-24-40(25-30-48)44-28-33-55-52(37-44)51-19-9-10-21-54(51)58-55/h1-37H. The Labute approximate surface area is 337 Å². The lowest BCUT2D eigenvalue weighted by Gasteiger charge is -2.28. The Bertz CT molecular complexity index is 3200. The molecular weight excluding hydrogens is 703 g/mol. The molecule has 0 atom stereocenters. The topological polar surface area (TPSA) is 16.4 Å². The molecule has 0 bridgehead atoms. The van der Waals surface area contributed by atoms with Crippen LogP contribution in [0.3, 0.4) is 0 Å². The molecule has 0 radical (unpaired) electrons. The Morgan fingerprint density at radius 1 is 0.276 bits per heavy atom. The molecule has 2 nitrogen and oxygen atoms in total. The number of benzene rings is 10. The van der Waals surface area contributed by atoms with Crippen LogP contribution in [0.2, 0.25) is 0 Å². The first-order valence-electron chi connectivity index (χ1n) is 19.8. The zero-order chi connectivity index (χ0) is 38.4. The molecular formula is C56H37NO. The molecule has 0 fully saturated rings. The number of para-hydroxylation sites is 1. The molecule has 1 heterocycles. The lowest BCUT2D eigenvalue weighted by molar-refractivity contribution is 0.669. The summed E-state index contributed by atoms with van der Waals surface area (Å²) in [5.74, 6) is 0. The Hall–Kier alpha value is -7.68. The minimum atomic E-state index is 0.905. The summed E-state index contributed by atoms with van der Waals surface area (Å²) in [6.45, 7) is 0. The molecule has 11 aromatic rings. The van der Waals surface area contributed by atoms with Crippen molar-refractivity contribution < 1.29 is 4.42 Å². The van der Waals surface area contributed by atoms with Crippen molar-refractivity contribution in [2.75, 3.05) is 4.90 Å². The summed E-state index contributed by atoms with van der Waals surface area (Å²) in [4.78, 5) is 2.41. The maximum atomic E-state index is 6.14. The van der Waals surface area contributed by atoms with E-state index in [1.54, 1.807) is 0 Å². The molecule has 11 rings (SSSR count). The van der Waals surface area contributed by atoms with Crippen LogP contribution >= 0.6 is 0 Å². The van der Waals surface area contributed by atoms with Crippen molar-refractivity contribution in [1.82, 2.24) is 0 Å². The van der Waals surface area contributed by atoms with Gasteiger partial charge in [0.1, 0.15) is 11.2 Å². The predicted molar refractivity (Wildman–Crippen MR) is 245 cm³/mol. The van der Waals surface area contributed by atoms with Crippen LogP contribution in [0.4, 0.5) is 17.1 Å². The summed E-state index contributed by atoms with van der Waals surface area (Å²) in [5.41, 5.74) is 14.6. The zero-order valence-electron chi connectivity index (χ0n) is 31.7. The van der Waals surface area contributed by atoms with Crippen LogP contribution in [0.1, 0.15) is 0 Å². The molecule has 0 unspecified atom stereocenters. The van der Waals surface area contributed by atoms with Crippen LogP contribution < -0.4 is 4.90 Å². The van der Waals surface area contributed by atoms with Gasteiger partial charge < -0.3 is 9.32 Å². The normalized spacial score (nSPS) is 11.4. The van der Waals surface area contributed by atoms with Crippen LogP contribution in [0.25, 0.3) is 88.0 Å². The quantitative estimate of drug-likeness (QED) is 0.151. The number of hydrogen-bond donors (Lipinski definition) is 0. The van der Waals surface area contributed by atoms with E-state index in [2.05, 4.69) is 217 Å². The number of hydrogen-bond acceptors (Lipinski definition) is 2. The van der Waals surface area contributed by atoms with E-state index in [1.165, 1.54) is 54.9 Å². The van der Waals surface area contributed by atoms with Crippen LogP contribution in [0, 0.1) is 0 Å². The van der Waals surface area contributed by atoms with Crippen molar-refractivity contribution in [1.29, 1.82) is 0 Å². The monoisotopic (exact) mass is 739 g/mol. The minimum Gasteiger partial charge on any atom is -0.456 e. The lowest BCUT2D eigenvalue weighted by atomic mass is 9.93. The third-order valence-electron chi connectivity index (χ3n) is 11.4. The highest BCUT2D eigenvalue weighted by molar-refractivity contribution is 6.15. The summed E-state index contributed by atoms with van der Waals surface area (Å²) in [5, 5.41) is 7.17. The Morgan fingerprint density at radius 2 is 0.759 bits per heavy atom. The van der Waals surface area contributed by atoms with Gasteiger partial charge in [-0.05, 0) is 127 Å².